The van der Waals surface area contributed by atoms with Gasteiger partial charge in [-0.3, -0.25) is 4.99 Å². The zero-order chi connectivity index (χ0) is 17.8. The zero-order valence-corrected chi connectivity index (χ0v) is 15.5. The van der Waals surface area contributed by atoms with Crippen molar-refractivity contribution in [1.29, 1.82) is 0 Å². The Labute approximate surface area is 155 Å². The minimum Gasteiger partial charge on any atom is -0.353 e. The van der Waals surface area contributed by atoms with Crippen molar-refractivity contribution in [3.05, 3.63) is 47.0 Å². The Hall–Kier alpha value is -2.37. The lowest BCUT2D eigenvalue weighted by Crippen LogP contribution is -2.45. The summed E-state index contributed by atoms with van der Waals surface area (Å²) in [6, 6.07) is 9.17. The van der Waals surface area contributed by atoms with Crippen molar-refractivity contribution in [2.24, 2.45) is 4.99 Å². The van der Waals surface area contributed by atoms with E-state index in [-0.39, 0.29) is 0 Å². The molecule has 2 heterocycles. The van der Waals surface area contributed by atoms with Crippen LogP contribution in [0.5, 0.6) is 0 Å². The van der Waals surface area contributed by atoms with Gasteiger partial charge < -0.3 is 15.2 Å². The van der Waals surface area contributed by atoms with E-state index in [2.05, 4.69) is 54.7 Å². The topological polar surface area (TPSA) is 67.1 Å². The fourth-order valence-corrected chi connectivity index (χ4v) is 4.05. The monoisotopic (exact) mass is 352 g/mol. The molecule has 0 fully saturated rings. The molecular formula is C20H28N6. The first-order valence-electron chi connectivity index (χ1n) is 9.78. The molecule has 26 heavy (non-hydrogen) atoms. The number of nitrogens with one attached hydrogen (secondary N) is 2. The molecule has 2 aliphatic rings. The second-order valence-electron chi connectivity index (χ2n) is 7.27. The quantitative estimate of drug-likeness (QED) is 0.657. The molecular weight excluding hydrogens is 324 g/mol. The van der Waals surface area contributed by atoms with Crippen molar-refractivity contribution >= 4 is 5.96 Å². The molecule has 2 N–H and O–H groups in total. The third kappa shape index (κ3) is 3.74. The van der Waals surface area contributed by atoms with Crippen LogP contribution in [0.15, 0.2) is 29.3 Å². The normalized spacial score (nSPS) is 20.0. The van der Waals surface area contributed by atoms with E-state index in [0.717, 1.165) is 49.8 Å². The van der Waals surface area contributed by atoms with Gasteiger partial charge in [-0.25, -0.2) is 0 Å². The molecule has 1 aromatic heterocycles. The molecule has 2 aromatic rings. The van der Waals surface area contributed by atoms with E-state index < -0.39 is 0 Å². The molecule has 0 bridgehead atoms. The maximum atomic E-state index is 4.41. The second-order valence-corrected chi connectivity index (χ2v) is 7.27. The van der Waals surface area contributed by atoms with Gasteiger partial charge in [0.2, 0.25) is 0 Å². The van der Waals surface area contributed by atoms with E-state index >= 15 is 0 Å². The maximum Gasteiger partial charge on any atom is 0.191 e. The number of fused-ring (bicyclic) bond motifs is 2. The molecule has 1 unspecified atom stereocenters. The Balaban J connectivity index is 1.35. The van der Waals surface area contributed by atoms with Crippen molar-refractivity contribution in [2.45, 2.75) is 64.1 Å². The highest BCUT2D eigenvalue weighted by atomic mass is 15.3. The van der Waals surface area contributed by atoms with Crippen LogP contribution in [0, 0.1) is 0 Å². The highest BCUT2D eigenvalue weighted by Crippen LogP contribution is 2.21. The van der Waals surface area contributed by atoms with Gasteiger partial charge in [-0.2, -0.15) is 0 Å². The van der Waals surface area contributed by atoms with Gasteiger partial charge >= 0.3 is 0 Å². The summed E-state index contributed by atoms with van der Waals surface area (Å²) in [7, 11) is 1.83. The minimum absolute atomic E-state index is 0.423. The fourth-order valence-electron chi connectivity index (χ4n) is 4.05. The van der Waals surface area contributed by atoms with Gasteiger partial charge in [0.15, 0.2) is 11.8 Å². The smallest absolute Gasteiger partial charge is 0.191 e. The number of hydrogen-bond donors (Lipinski definition) is 2. The van der Waals surface area contributed by atoms with Crippen LogP contribution in [0.2, 0.25) is 0 Å². The second kappa shape index (κ2) is 7.89. The lowest BCUT2D eigenvalue weighted by molar-refractivity contribution is 0.518. The number of aromatic nitrogens is 3. The Morgan fingerprint density at radius 3 is 2.92 bits per heavy atom. The highest BCUT2D eigenvalue weighted by molar-refractivity contribution is 5.79. The summed E-state index contributed by atoms with van der Waals surface area (Å²) in [6.07, 6.45) is 8.08. The molecule has 1 aliphatic heterocycles. The molecule has 1 aromatic carbocycles. The number of benzene rings is 1. The van der Waals surface area contributed by atoms with Gasteiger partial charge in [-0.05, 0) is 43.2 Å². The van der Waals surface area contributed by atoms with Gasteiger partial charge in [-0.1, -0.05) is 30.7 Å². The predicted molar refractivity (Wildman–Crippen MR) is 103 cm³/mol. The van der Waals surface area contributed by atoms with Crippen LogP contribution in [-0.2, 0) is 32.4 Å². The number of hydrogen-bond acceptors (Lipinski definition) is 3. The molecule has 0 amide bonds. The van der Waals surface area contributed by atoms with E-state index in [1.807, 2.05) is 7.05 Å². The molecule has 0 saturated heterocycles. The number of aliphatic imine (C=N–C) groups is 1. The summed E-state index contributed by atoms with van der Waals surface area (Å²) in [5.41, 5.74) is 2.94. The van der Waals surface area contributed by atoms with Crippen molar-refractivity contribution in [1.82, 2.24) is 25.4 Å². The lowest BCUT2D eigenvalue weighted by Gasteiger charge is -2.27. The average molecular weight is 352 g/mol. The molecule has 0 radical (unpaired) electrons. The SMILES string of the molecule is CN=C(NCc1nnc2n1CCCCC2)NC1CCc2ccccc2C1. The molecule has 0 spiro atoms. The number of nitrogens with zero attached hydrogens (tertiary/aromatic N) is 4. The van der Waals surface area contributed by atoms with Crippen LogP contribution in [0.3, 0.4) is 0 Å². The van der Waals surface area contributed by atoms with Gasteiger partial charge in [-0.15, -0.1) is 10.2 Å². The third-order valence-corrected chi connectivity index (χ3v) is 5.51. The average Bonchev–Trinajstić information content (AvgIpc) is 2.91. The summed E-state index contributed by atoms with van der Waals surface area (Å²) in [5.74, 6) is 2.99. The van der Waals surface area contributed by atoms with Gasteiger partial charge in [0.25, 0.3) is 0 Å². The van der Waals surface area contributed by atoms with Crippen LogP contribution < -0.4 is 10.6 Å². The minimum atomic E-state index is 0.423. The summed E-state index contributed by atoms with van der Waals surface area (Å²) in [5, 5.41) is 15.8. The van der Waals surface area contributed by atoms with Crippen molar-refractivity contribution < 1.29 is 0 Å². The van der Waals surface area contributed by atoms with Crippen LogP contribution in [0.25, 0.3) is 0 Å². The first-order valence-corrected chi connectivity index (χ1v) is 9.78. The summed E-state index contributed by atoms with van der Waals surface area (Å²) in [6.45, 7) is 1.70. The van der Waals surface area contributed by atoms with Crippen LogP contribution >= 0.6 is 0 Å². The van der Waals surface area contributed by atoms with Gasteiger partial charge in [0.05, 0.1) is 6.54 Å². The first kappa shape index (κ1) is 17.1. The third-order valence-electron chi connectivity index (χ3n) is 5.51. The molecule has 6 heteroatoms. The Kier molecular flexibility index (Phi) is 5.18. The molecule has 4 rings (SSSR count). The van der Waals surface area contributed by atoms with Crippen LogP contribution in [-0.4, -0.2) is 33.8 Å². The summed E-state index contributed by atoms with van der Waals surface area (Å²) >= 11 is 0. The van der Waals surface area contributed by atoms with Crippen molar-refractivity contribution in [3.63, 3.8) is 0 Å². The molecule has 6 nitrogen and oxygen atoms in total. The Morgan fingerprint density at radius 1 is 1.15 bits per heavy atom. The van der Waals surface area contributed by atoms with Crippen LogP contribution in [0.4, 0.5) is 0 Å². The van der Waals surface area contributed by atoms with Gasteiger partial charge in [0, 0.05) is 26.1 Å². The Morgan fingerprint density at radius 2 is 2.04 bits per heavy atom. The largest absolute Gasteiger partial charge is 0.353 e. The molecule has 0 saturated carbocycles. The predicted octanol–water partition coefficient (Wildman–Crippen LogP) is 2.23. The van der Waals surface area contributed by atoms with Crippen molar-refractivity contribution in [3.8, 4) is 0 Å². The van der Waals surface area contributed by atoms with E-state index in [1.165, 1.54) is 30.4 Å². The van der Waals surface area contributed by atoms with Crippen molar-refractivity contribution in [2.75, 3.05) is 7.05 Å². The molecule has 1 atom stereocenters. The summed E-state index contributed by atoms with van der Waals surface area (Å²) < 4.78 is 2.28. The lowest BCUT2D eigenvalue weighted by atomic mass is 9.88. The number of aryl methyl sites for hydroxylation is 2. The molecule has 138 valence electrons. The van der Waals surface area contributed by atoms with E-state index in [9.17, 15) is 0 Å². The fraction of sp³-hybridized carbons (Fsp3) is 0.550. The number of rotatable bonds is 3. The first-order chi connectivity index (χ1) is 12.8. The zero-order valence-electron chi connectivity index (χ0n) is 15.5. The Bertz CT molecular complexity index is 778. The van der Waals surface area contributed by atoms with Crippen LogP contribution in [0.1, 0.15) is 48.5 Å². The highest BCUT2D eigenvalue weighted by Gasteiger charge is 2.20. The maximum absolute atomic E-state index is 4.41. The van der Waals surface area contributed by atoms with E-state index in [1.54, 1.807) is 0 Å². The van der Waals surface area contributed by atoms with E-state index in [0.29, 0.717) is 12.6 Å². The van der Waals surface area contributed by atoms with Gasteiger partial charge in [0.1, 0.15) is 5.82 Å². The number of guanidine groups is 1. The standard InChI is InChI=1S/C20H28N6/c1-21-20(23-17-11-10-15-7-4-5-8-16(15)13-17)22-14-19-25-24-18-9-3-2-6-12-26(18)19/h4-5,7-8,17H,2-3,6,9-14H2,1H3,(H2,21,22,23). The van der Waals surface area contributed by atoms with E-state index in [4.69, 9.17) is 0 Å². The summed E-state index contributed by atoms with van der Waals surface area (Å²) in [4.78, 5) is 4.41. The molecule has 1 aliphatic carbocycles.